The Bertz CT molecular complexity index is 786. The van der Waals surface area contributed by atoms with Crippen LogP contribution < -0.4 is 4.74 Å². The van der Waals surface area contributed by atoms with Crippen LogP contribution in [0.3, 0.4) is 0 Å². The normalized spacial score (nSPS) is 10.5. The number of hydrogen-bond acceptors (Lipinski definition) is 2. The monoisotopic (exact) mass is 292 g/mol. The fourth-order valence-corrected chi connectivity index (χ4v) is 2.41. The van der Waals surface area contributed by atoms with Crippen LogP contribution in [0, 0.1) is 0 Å². The van der Waals surface area contributed by atoms with Gasteiger partial charge in [0.1, 0.15) is 5.75 Å². The molecule has 22 heavy (non-hydrogen) atoms. The van der Waals surface area contributed by atoms with Crippen LogP contribution in [0.25, 0.3) is 10.8 Å². The van der Waals surface area contributed by atoms with E-state index in [1.54, 1.807) is 12.1 Å². The van der Waals surface area contributed by atoms with E-state index in [-0.39, 0.29) is 0 Å². The minimum atomic E-state index is -0.904. The molecule has 0 spiro atoms. The van der Waals surface area contributed by atoms with Gasteiger partial charge >= 0.3 is 5.97 Å². The summed E-state index contributed by atoms with van der Waals surface area (Å²) < 4.78 is 5.88. The number of aromatic carboxylic acids is 1. The molecule has 0 aliphatic heterocycles. The number of hydrogen-bond donors (Lipinski definition) is 1. The second-order valence-electron chi connectivity index (χ2n) is 5.08. The number of fused-ring (bicyclic) bond motifs is 1. The summed E-state index contributed by atoms with van der Waals surface area (Å²) in [6.45, 7) is 0.556. The third-order valence-electron chi connectivity index (χ3n) is 3.60. The lowest BCUT2D eigenvalue weighted by Gasteiger charge is -2.09. The fourth-order valence-electron chi connectivity index (χ4n) is 2.41. The van der Waals surface area contributed by atoms with E-state index in [0.717, 1.165) is 28.5 Å². The summed E-state index contributed by atoms with van der Waals surface area (Å²) in [7, 11) is 0. The van der Waals surface area contributed by atoms with Crippen LogP contribution >= 0.6 is 0 Å². The molecule has 0 aliphatic carbocycles. The Morgan fingerprint density at radius 3 is 2.41 bits per heavy atom. The highest BCUT2D eigenvalue weighted by atomic mass is 16.5. The molecule has 0 unspecified atom stereocenters. The summed E-state index contributed by atoms with van der Waals surface area (Å²) in [5.74, 6) is -0.0289. The van der Waals surface area contributed by atoms with Crippen molar-refractivity contribution >= 4 is 16.7 Å². The van der Waals surface area contributed by atoms with Gasteiger partial charge in [0.25, 0.3) is 0 Å². The van der Waals surface area contributed by atoms with Crippen LogP contribution in [0.1, 0.15) is 15.9 Å². The molecule has 110 valence electrons. The summed E-state index contributed by atoms with van der Waals surface area (Å²) in [5, 5.41) is 11.1. The van der Waals surface area contributed by atoms with E-state index in [4.69, 9.17) is 9.84 Å². The van der Waals surface area contributed by atoms with Gasteiger partial charge in [-0.1, -0.05) is 48.5 Å². The summed E-state index contributed by atoms with van der Waals surface area (Å²) in [5.41, 5.74) is 1.36. The van der Waals surface area contributed by atoms with Crippen molar-refractivity contribution in [2.75, 3.05) is 6.61 Å². The van der Waals surface area contributed by atoms with E-state index in [9.17, 15) is 4.79 Å². The average molecular weight is 292 g/mol. The highest BCUT2D eigenvalue weighted by Gasteiger charge is 2.03. The van der Waals surface area contributed by atoms with Gasteiger partial charge in [-0.05, 0) is 29.1 Å². The van der Waals surface area contributed by atoms with Gasteiger partial charge in [-0.2, -0.15) is 0 Å². The SMILES string of the molecule is O=C(O)c1ccc(CCOc2cccc3ccccc23)cc1. The highest BCUT2D eigenvalue weighted by Crippen LogP contribution is 2.25. The predicted molar refractivity (Wildman–Crippen MR) is 86.5 cm³/mol. The Hall–Kier alpha value is -2.81. The molecule has 0 heterocycles. The first-order valence-electron chi connectivity index (χ1n) is 7.17. The first-order chi connectivity index (χ1) is 10.7. The number of carboxylic acids is 1. The first kappa shape index (κ1) is 14.1. The van der Waals surface area contributed by atoms with Crippen molar-refractivity contribution in [2.45, 2.75) is 6.42 Å². The van der Waals surface area contributed by atoms with E-state index in [1.807, 2.05) is 42.5 Å². The second-order valence-corrected chi connectivity index (χ2v) is 5.08. The van der Waals surface area contributed by atoms with E-state index < -0.39 is 5.97 Å². The van der Waals surface area contributed by atoms with Crippen molar-refractivity contribution in [3.05, 3.63) is 77.9 Å². The number of benzene rings is 3. The summed E-state index contributed by atoms with van der Waals surface area (Å²) in [4.78, 5) is 10.8. The Labute approximate surface area is 128 Å². The summed E-state index contributed by atoms with van der Waals surface area (Å²) in [6.07, 6.45) is 0.739. The molecule has 3 rings (SSSR count). The molecule has 3 aromatic carbocycles. The van der Waals surface area contributed by atoms with Crippen LogP contribution in [0.15, 0.2) is 66.7 Å². The molecule has 3 heteroatoms. The maximum absolute atomic E-state index is 10.8. The Morgan fingerprint density at radius 1 is 0.909 bits per heavy atom. The first-order valence-corrected chi connectivity index (χ1v) is 7.17. The maximum atomic E-state index is 10.8. The molecule has 0 saturated carbocycles. The predicted octanol–water partition coefficient (Wildman–Crippen LogP) is 4.16. The zero-order valence-electron chi connectivity index (χ0n) is 12.0. The summed E-state index contributed by atoms with van der Waals surface area (Å²) in [6, 6.07) is 21.0. The number of rotatable bonds is 5. The van der Waals surface area contributed by atoms with Gasteiger partial charge in [0.2, 0.25) is 0 Å². The van der Waals surface area contributed by atoms with Crippen LogP contribution in [-0.4, -0.2) is 17.7 Å². The largest absolute Gasteiger partial charge is 0.493 e. The van der Waals surface area contributed by atoms with Crippen molar-refractivity contribution in [3.63, 3.8) is 0 Å². The molecular weight excluding hydrogens is 276 g/mol. The Kier molecular flexibility index (Phi) is 4.05. The fraction of sp³-hybridized carbons (Fsp3) is 0.105. The number of carbonyl (C=O) groups is 1. The van der Waals surface area contributed by atoms with E-state index in [2.05, 4.69) is 12.1 Å². The third kappa shape index (κ3) is 3.09. The van der Waals surface area contributed by atoms with Gasteiger partial charge < -0.3 is 9.84 Å². The van der Waals surface area contributed by atoms with Gasteiger partial charge in [0, 0.05) is 11.8 Å². The molecule has 3 aromatic rings. The van der Waals surface area contributed by atoms with Crippen molar-refractivity contribution in [1.82, 2.24) is 0 Å². The zero-order chi connectivity index (χ0) is 15.4. The molecule has 1 N–H and O–H groups in total. The van der Waals surface area contributed by atoms with E-state index in [0.29, 0.717) is 12.2 Å². The topological polar surface area (TPSA) is 46.5 Å². The molecule has 0 radical (unpaired) electrons. The Balaban J connectivity index is 1.66. The van der Waals surface area contributed by atoms with Crippen LogP contribution in [0.2, 0.25) is 0 Å². The summed E-state index contributed by atoms with van der Waals surface area (Å²) >= 11 is 0. The van der Waals surface area contributed by atoms with Gasteiger partial charge in [-0.15, -0.1) is 0 Å². The van der Waals surface area contributed by atoms with Crippen molar-refractivity contribution in [3.8, 4) is 5.75 Å². The molecule has 3 nitrogen and oxygen atoms in total. The maximum Gasteiger partial charge on any atom is 0.335 e. The van der Waals surface area contributed by atoms with Gasteiger partial charge in [-0.3, -0.25) is 0 Å². The molecule has 0 bridgehead atoms. The van der Waals surface area contributed by atoms with Crippen LogP contribution in [-0.2, 0) is 6.42 Å². The molecule has 0 amide bonds. The Morgan fingerprint density at radius 2 is 1.64 bits per heavy atom. The van der Waals surface area contributed by atoms with Crippen LogP contribution in [0.4, 0.5) is 0 Å². The van der Waals surface area contributed by atoms with Crippen molar-refractivity contribution in [2.24, 2.45) is 0 Å². The lowest BCUT2D eigenvalue weighted by molar-refractivity contribution is 0.0697. The molecule has 0 saturated heterocycles. The molecule has 0 aromatic heterocycles. The smallest absolute Gasteiger partial charge is 0.335 e. The lowest BCUT2D eigenvalue weighted by atomic mass is 10.1. The number of ether oxygens (including phenoxy) is 1. The standard InChI is InChI=1S/C19H16O3/c20-19(21)16-10-8-14(9-11-16)12-13-22-18-7-3-5-15-4-1-2-6-17(15)18/h1-11H,12-13H2,(H,20,21). The van der Waals surface area contributed by atoms with Gasteiger partial charge in [0.05, 0.1) is 12.2 Å². The van der Waals surface area contributed by atoms with Gasteiger partial charge in [-0.25, -0.2) is 4.79 Å². The highest BCUT2D eigenvalue weighted by molar-refractivity contribution is 5.88. The zero-order valence-corrected chi connectivity index (χ0v) is 12.0. The average Bonchev–Trinajstić information content (AvgIpc) is 2.55. The second kappa shape index (κ2) is 6.31. The molecule has 0 fully saturated rings. The molecule has 0 atom stereocenters. The van der Waals surface area contributed by atoms with E-state index in [1.165, 1.54) is 0 Å². The quantitative estimate of drug-likeness (QED) is 0.768. The molecule has 0 aliphatic rings. The minimum Gasteiger partial charge on any atom is -0.493 e. The van der Waals surface area contributed by atoms with Gasteiger partial charge in [0.15, 0.2) is 0 Å². The molecular formula is C19H16O3. The van der Waals surface area contributed by atoms with Crippen molar-refractivity contribution < 1.29 is 14.6 Å². The van der Waals surface area contributed by atoms with Crippen molar-refractivity contribution in [1.29, 1.82) is 0 Å². The van der Waals surface area contributed by atoms with Crippen LogP contribution in [0.5, 0.6) is 5.75 Å². The lowest BCUT2D eigenvalue weighted by Crippen LogP contribution is -2.02. The third-order valence-corrected chi connectivity index (χ3v) is 3.60. The number of carboxylic acid groups (broad SMARTS) is 1. The minimum absolute atomic E-state index is 0.304. The van der Waals surface area contributed by atoms with E-state index >= 15 is 0 Å².